The van der Waals surface area contributed by atoms with E-state index in [1.54, 1.807) is 23.1 Å². The van der Waals surface area contributed by atoms with Gasteiger partial charge in [0.1, 0.15) is 16.5 Å². The quantitative estimate of drug-likeness (QED) is 0.893. The molecule has 3 heterocycles. The lowest BCUT2D eigenvalue weighted by Crippen LogP contribution is -2.39. The van der Waals surface area contributed by atoms with Gasteiger partial charge in [0.15, 0.2) is 0 Å². The van der Waals surface area contributed by atoms with E-state index in [2.05, 4.69) is 21.7 Å². The number of nitrogens with one attached hydrogen (secondary N) is 1. The molecule has 0 spiro atoms. The molecule has 1 N–H and O–H groups in total. The molecule has 1 aliphatic rings. The second-order valence-corrected chi connectivity index (χ2v) is 7.35. The second-order valence-electron chi connectivity index (χ2n) is 5.54. The van der Waals surface area contributed by atoms with Gasteiger partial charge in [-0.2, -0.15) is 11.8 Å². The van der Waals surface area contributed by atoms with Gasteiger partial charge in [0.2, 0.25) is 0 Å². The van der Waals surface area contributed by atoms with Gasteiger partial charge in [-0.15, -0.1) is 11.3 Å². The van der Waals surface area contributed by atoms with E-state index in [-0.39, 0.29) is 12.1 Å². The van der Waals surface area contributed by atoms with Gasteiger partial charge in [-0.3, -0.25) is 0 Å². The molecule has 0 bridgehead atoms. The Balaban J connectivity index is 1.58. The van der Waals surface area contributed by atoms with Crippen molar-refractivity contribution in [3.8, 4) is 0 Å². The molecule has 0 radical (unpaired) electrons. The first-order valence-corrected chi connectivity index (χ1v) is 9.84. The Kier molecular flexibility index (Phi) is 5.22. The van der Waals surface area contributed by atoms with Gasteiger partial charge in [0.25, 0.3) is 0 Å². The number of rotatable bonds is 5. The maximum atomic E-state index is 12.5. The summed E-state index contributed by atoms with van der Waals surface area (Å²) in [6.07, 6.45) is 3.97. The van der Waals surface area contributed by atoms with E-state index in [4.69, 9.17) is 4.52 Å². The van der Waals surface area contributed by atoms with Crippen molar-refractivity contribution in [2.24, 2.45) is 0 Å². The van der Waals surface area contributed by atoms with Gasteiger partial charge in [-0.1, -0.05) is 5.16 Å². The Bertz CT molecular complexity index is 670. The Hall–Kier alpha value is -1.54. The number of urea groups is 1. The minimum absolute atomic E-state index is 0.00920. The summed E-state index contributed by atoms with van der Waals surface area (Å²) < 4.78 is 5.14. The van der Waals surface area contributed by atoms with Gasteiger partial charge in [-0.05, 0) is 26.0 Å². The van der Waals surface area contributed by atoms with Crippen molar-refractivity contribution in [3.05, 3.63) is 33.6 Å². The molecule has 8 heteroatoms. The van der Waals surface area contributed by atoms with Crippen molar-refractivity contribution >= 4 is 29.1 Å². The number of likely N-dealkylation sites (tertiary alicyclic amines) is 1. The van der Waals surface area contributed by atoms with E-state index < -0.39 is 0 Å². The van der Waals surface area contributed by atoms with Gasteiger partial charge in [0, 0.05) is 23.7 Å². The Morgan fingerprint density at radius 2 is 2.48 bits per heavy atom. The summed E-state index contributed by atoms with van der Waals surface area (Å²) in [6, 6.07) is 1.85. The molecule has 1 saturated heterocycles. The Labute approximate surface area is 143 Å². The molecule has 3 rings (SSSR count). The number of amides is 2. The first-order chi connectivity index (χ1) is 11.2. The maximum Gasteiger partial charge on any atom is 0.318 e. The molecular weight excluding hydrogens is 332 g/mol. The van der Waals surface area contributed by atoms with E-state index in [0.29, 0.717) is 6.54 Å². The fourth-order valence-corrected chi connectivity index (χ4v) is 4.26. The van der Waals surface area contributed by atoms with Crippen LogP contribution in [0, 0.1) is 6.92 Å². The van der Waals surface area contributed by atoms with E-state index >= 15 is 0 Å². The summed E-state index contributed by atoms with van der Waals surface area (Å²) in [5.41, 5.74) is 1.76. The zero-order chi connectivity index (χ0) is 16.2. The molecule has 2 aromatic rings. The first-order valence-electron chi connectivity index (χ1n) is 7.57. The fraction of sp³-hybridized carbons (Fsp3) is 0.533. The third-order valence-corrected chi connectivity index (χ3v) is 5.43. The number of aromatic nitrogens is 2. The van der Waals surface area contributed by atoms with Crippen molar-refractivity contribution in [3.63, 3.8) is 0 Å². The number of aryl methyl sites for hydroxylation is 1. The first kappa shape index (κ1) is 16.3. The Morgan fingerprint density at radius 1 is 1.61 bits per heavy atom. The third kappa shape index (κ3) is 3.87. The summed E-state index contributed by atoms with van der Waals surface area (Å²) >= 11 is 3.39. The number of carbonyl (C=O) groups excluding carboxylic acids is 1. The third-order valence-electron chi connectivity index (χ3n) is 3.79. The highest BCUT2D eigenvalue weighted by Gasteiger charge is 2.32. The zero-order valence-electron chi connectivity index (χ0n) is 13.2. The number of thiazole rings is 1. The van der Waals surface area contributed by atoms with Crippen LogP contribution in [0.25, 0.3) is 0 Å². The van der Waals surface area contributed by atoms with Crippen LogP contribution in [0.4, 0.5) is 4.79 Å². The van der Waals surface area contributed by atoms with E-state index in [9.17, 15) is 4.79 Å². The number of thioether (sulfide) groups is 1. The predicted molar refractivity (Wildman–Crippen MR) is 91.5 cm³/mol. The summed E-state index contributed by atoms with van der Waals surface area (Å²) in [6.45, 7) is 3.08. The van der Waals surface area contributed by atoms with E-state index in [1.807, 2.05) is 23.3 Å². The van der Waals surface area contributed by atoms with Crippen LogP contribution in [-0.4, -0.2) is 33.9 Å². The molecule has 1 fully saturated rings. The zero-order valence-corrected chi connectivity index (χ0v) is 14.9. The minimum atomic E-state index is -0.0624. The van der Waals surface area contributed by atoms with Crippen LogP contribution >= 0.6 is 23.1 Å². The average Bonchev–Trinajstić information content (AvgIpc) is 3.25. The summed E-state index contributed by atoms with van der Waals surface area (Å²) in [5, 5.41) is 10.1. The largest absolute Gasteiger partial charge is 0.361 e. The Morgan fingerprint density at radius 3 is 3.22 bits per heavy atom. The van der Waals surface area contributed by atoms with Gasteiger partial charge >= 0.3 is 6.03 Å². The molecule has 2 amide bonds. The van der Waals surface area contributed by atoms with Gasteiger partial charge < -0.3 is 14.7 Å². The number of nitrogens with zero attached hydrogens (tertiary/aromatic N) is 3. The van der Waals surface area contributed by atoms with Crippen LogP contribution in [0.15, 0.2) is 16.0 Å². The molecule has 0 aromatic carbocycles. The van der Waals surface area contributed by atoms with Crippen LogP contribution in [0.5, 0.6) is 0 Å². The molecular formula is C15H20N4O2S2. The number of hydrogen-bond acceptors (Lipinski definition) is 6. The highest BCUT2D eigenvalue weighted by Crippen LogP contribution is 2.31. The van der Waals surface area contributed by atoms with Crippen LogP contribution < -0.4 is 5.32 Å². The van der Waals surface area contributed by atoms with Crippen molar-refractivity contribution in [1.82, 2.24) is 20.4 Å². The van der Waals surface area contributed by atoms with E-state index in [0.717, 1.165) is 47.3 Å². The van der Waals surface area contributed by atoms with Gasteiger partial charge in [0.05, 0.1) is 18.3 Å². The standard InChI is InChI=1S/C15H20N4O2S2/c1-10-6-12(18-21-10)13-4-3-5-19(13)15(20)16-7-11-8-23-14(17-11)9-22-2/h6,8,13H,3-5,7,9H2,1-2H3,(H,16,20)/t13-/m1/s1. The number of carbonyl (C=O) groups is 1. The molecule has 124 valence electrons. The topological polar surface area (TPSA) is 71.3 Å². The molecule has 6 nitrogen and oxygen atoms in total. The maximum absolute atomic E-state index is 12.5. The van der Waals surface area contributed by atoms with Crippen molar-refractivity contribution in [1.29, 1.82) is 0 Å². The fourth-order valence-electron chi connectivity index (χ4n) is 2.75. The predicted octanol–water partition coefficient (Wildman–Crippen LogP) is 3.35. The monoisotopic (exact) mass is 352 g/mol. The molecule has 0 unspecified atom stereocenters. The lowest BCUT2D eigenvalue weighted by Gasteiger charge is -2.23. The van der Waals surface area contributed by atoms with Crippen LogP contribution in [0.2, 0.25) is 0 Å². The summed E-state index contributed by atoms with van der Waals surface area (Å²) in [4.78, 5) is 18.8. The second kappa shape index (κ2) is 7.35. The summed E-state index contributed by atoms with van der Waals surface area (Å²) in [5.74, 6) is 1.69. The summed E-state index contributed by atoms with van der Waals surface area (Å²) in [7, 11) is 0. The molecule has 1 aliphatic heterocycles. The molecule has 0 saturated carbocycles. The van der Waals surface area contributed by atoms with E-state index in [1.165, 1.54) is 0 Å². The normalized spacial score (nSPS) is 17.7. The van der Waals surface area contributed by atoms with Crippen LogP contribution in [0.1, 0.15) is 41.0 Å². The van der Waals surface area contributed by atoms with Crippen molar-refractivity contribution in [2.45, 2.75) is 38.1 Å². The highest BCUT2D eigenvalue weighted by atomic mass is 32.2. The molecule has 2 aromatic heterocycles. The van der Waals surface area contributed by atoms with Crippen molar-refractivity contribution in [2.75, 3.05) is 12.8 Å². The van der Waals surface area contributed by atoms with Crippen molar-refractivity contribution < 1.29 is 9.32 Å². The number of hydrogen-bond donors (Lipinski definition) is 1. The molecule has 23 heavy (non-hydrogen) atoms. The average molecular weight is 352 g/mol. The minimum Gasteiger partial charge on any atom is -0.361 e. The molecule has 1 atom stereocenters. The van der Waals surface area contributed by atoms with Crippen LogP contribution in [-0.2, 0) is 12.3 Å². The lowest BCUT2D eigenvalue weighted by atomic mass is 10.1. The molecule has 0 aliphatic carbocycles. The van der Waals surface area contributed by atoms with Crippen LogP contribution in [0.3, 0.4) is 0 Å². The highest BCUT2D eigenvalue weighted by molar-refractivity contribution is 7.97. The van der Waals surface area contributed by atoms with Gasteiger partial charge in [-0.25, -0.2) is 9.78 Å². The smallest absolute Gasteiger partial charge is 0.318 e. The SMILES string of the molecule is CSCc1nc(CNC(=O)N2CCC[C@@H]2c2cc(C)on2)cs1. The lowest BCUT2D eigenvalue weighted by molar-refractivity contribution is 0.190.